The zero-order valence-electron chi connectivity index (χ0n) is 19.3. The fraction of sp³-hybridized carbons (Fsp3) is 0.320. The number of aliphatic hydroxyl groups is 1. The molecule has 5 rings (SSSR count). The molecule has 2 aliphatic rings. The Morgan fingerprint density at radius 3 is 2.64 bits per heavy atom. The van der Waals surface area contributed by atoms with Crippen LogP contribution in [0.5, 0.6) is 0 Å². The number of nitrogens with zero attached hydrogens (tertiary/aromatic N) is 2. The molecule has 2 saturated heterocycles. The third-order valence-electron chi connectivity index (χ3n) is 6.60. The molecule has 1 aromatic heterocycles. The summed E-state index contributed by atoms with van der Waals surface area (Å²) >= 11 is 5.84. The van der Waals surface area contributed by atoms with Crippen molar-refractivity contribution < 1.29 is 23.9 Å². The van der Waals surface area contributed by atoms with Crippen molar-refractivity contribution in [2.45, 2.75) is 18.6 Å². The zero-order valence-corrected chi connectivity index (χ0v) is 20.1. The minimum Gasteiger partial charge on any atom is -0.372 e. The highest BCUT2D eigenvalue weighted by Gasteiger charge is 2.51. The number of rotatable bonds is 5. The first kappa shape index (κ1) is 24.2. The van der Waals surface area contributed by atoms with Crippen LogP contribution in [0.4, 0.5) is 10.1 Å². The summed E-state index contributed by atoms with van der Waals surface area (Å²) in [6.45, 7) is 2.81. The first-order valence-electron chi connectivity index (χ1n) is 11.6. The van der Waals surface area contributed by atoms with Crippen molar-refractivity contribution >= 4 is 45.9 Å². The molecule has 0 bridgehead atoms. The highest BCUT2D eigenvalue weighted by molar-refractivity contribution is 6.30. The van der Waals surface area contributed by atoms with Crippen molar-refractivity contribution in [2.24, 2.45) is 0 Å². The molecule has 188 valence electrons. The molecule has 9 nitrogen and oxygen atoms in total. The summed E-state index contributed by atoms with van der Waals surface area (Å²) in [5.74, 6) is -2.24. The van der Waals surface area contributed by atoms with E-state index in [1.165, 1.54) is 17.0 Å². The number of nitrogens with one attached hydrogen (secondary N) is 3. The lowest BCUT2D eigenvalue weighted by Crippen LogP contribution is -2.52. The van der Waals surface area contributed by atoms with Crippen LogP contribution in [-0.2, 0) is 16.1 Å². The fourth-order valence-corrected chi connectivity index (χ4v) is 4.89. The van der Waals surface area contributed by atoms with Gasteiger partial charge in [0.05, 0.1) is 0 Å². The maximum Gasteiger partial charge on any atom is 0.270 e. The lowest BCUT2D eigenvalue weighted by molar-refractivity contribution is -0.149. The molecule has 4 N–H and O–H groups in total. The molecular weight excluding hydrogens is 489 g/mol. The van der Waals surface area contributed by atoms with Crippen molar-refractivity contribution in [3.63, 3.8) is 0 Å². The van der Waals surface area contributed by atoms with E-state index in [4.69, 9.17) is 11.6 Å². The summed E-state index contributed by atoms with van der Waals surface area (Å²) < 4.78 is 13.5. The Hall–Kier alpha value is -3.47. The van der Waals surface area contributed by atoms with E-state index >= 15 is 0 Å². The van der Waals surface area contributed by atoms with E-state index in [9.17, 15) is 23.9 Å². The summed E-state index contributed by atoms with van der Waals surface area (Å²) in [4.78, 5) is 44.9. The molecule has 0 unspecified atom stereocenters. The Balaban J connectivity index is 1.30. The Morgan fingerprint density at radius 2 is 1.89 bits per heavy atom. The second-order valence-corrected chi connectivity index (χ2v) is 9.46. The van der Waals surface area contributed by atoms with Crippen LogP contribution in [0.15, 0.2) is 42.5 Å². The van der Waals surface area contributed by atoms with Gasteiger partial charge >= 0.3 is 0 Å². The van der Waals surface area contributed by atoms with Crippen LogP contribution >= 0.6 is 11.6 Å². The third-order valence-corrected chi connectivity index (χ3v) is 6.82. The summed E-state index contributed by atoms with van der Waals surface area (Å²) in [7, 11) is 0. The number of hydrogen-bond acceptors (Lipinski definition) is 5. The van der Waals surface area contributed by atoms with Crippen LogP contribution in [0.1, 0.15) is 22.5 Å². The number of aromatic amines is 1. The minimum absolute atomic E-state index is 0.0860. The number of amides is 3. The highest BCUT2D eigenvalue weighted by Crippen LogP contribution is 2.31. The van der Waals surface area contributed by atoms with E-state index < -0.39 is 23.2 Å². The number of carbonyl (C=O) groups excluding carboxylic acids is 3. The topological polar surface area (TPSA) is 118 Å². The Bertz CT molecular complexity index is 1340. The van der Waals surface area contributed by atoms with Crippen molar-refractivity contribution in [3.8, 4) is 0 Å². The molecule has 1 atom stereocenters. The average Bonchev–Trinajstić information content (AvgIpc) is 3.43. The van der Waals surface area contributed by atoms with Crippen molar-refractivity contribution in [1.82, 2.24) is 20.5 Å². The van der Waals surface area contributed by atoms with Gasteiger partial charge in [-0.25, -0.2) is 4.39 Å². The van der Waals surface area contributed by atoms with Crippen LogP contribution < -0.4 is 15.5 Å². The predicted octanol–water partition coefficient (Wildman–Crippen LogP) is 1.79. The van der Waals surface area contributed by atoms with Crippen LogP contribution in [0.3, 0.4) is 0 Å². The van der Waals surface area contributed by atoms with Gasteiger partial charge in [-0.05, 0) is 48.0 Å². The lowest BCUT2D eigenvalue weighted by atomic mass is 10.0. The maximum atomic E-state index is 13.5. The van der Waals surface area contributed by atoms with E-state index in [2.05, 4.69) is 15.6 Å². The third kappa shape index (κ3) is 4.55. The number of anilines is 1. The van der Waals surface area contributed by atoms with Crippen LogP contribution in [0, 0.1) is 5.82 Å². The van der Waals surface area contributed by atoms with Crippen LogP contribution in [0.25, 0.3) is 10.9 Å². The van der Waals surface area contributed by atoms with Gasteiger partial charge in [0.25, 0.3) is 17.7 Å². The van der Waals surface area contributed by atoms with Gasteiger partial charge in [0.15, 0.2) is 0 Å². The second kappa shape index (κ2) is 9.53. The van der Waals surface area contributed by atoms with Gasteiger partial charge < -0.3 is 30.5 Å². The Morgan fingerprint density at radius 1 is 1.11 bits per heavy atom. The van der Waals surface area contributed by atoms with Gasteiger partial charge in [-0.1, -0.05) is 11.6 Å². The Kier molecular flexibility index (Phi) is 6.42. The molecule has 0 saturated carbocycles. The molecule has 3 heterocycles. The molecule has 2 fully saturated rings. The maximum absolute atomic E-state index is 13.5. The molecule has 36 heavy (non-hydrogen) atoms. The largest absolute Gasteiger partial charge is 0.372 e. The van der Waals surface area contributed by atoms with Crippen LogP contribution in [0.2, 0.25) is 5.02 Å². The normalized spacial score (nSPS) is 20.2. The highest BCUT2D eigenvalue weighted by atomic mass is 35.5. The summed E-state index contributed by atoms with van der Waals surface area (Å²) in [5, 5.41) is 17.6. The van der Waals surface area contributed by atoms with Gasteiger partial charge in [-0.15, -0.1) is 0 Å². The Labute approximate surface area is 211 Å². The average molecular weight is 514 g/mol. The van der Waals surface area contributed by atoms with E-state index in [1.807, 2.05) is 0 Å². The molecule has 3 amide bonds. The van der Waals surface area contributed by atoms with Crippen LogP contribution in [-0.4, -0.2) is 71.0 Å². The molecular formula is C25H25ClFN5O4. The molecule has 0 radical (unpaired) electrons. The number of benzene rings is 2. The van der Waals surface area contributed by atoms with Crippen molar-refractivity contribution in [3.05, 3.63) is 64.6 Å². The van der Waals surface area contributed by atoms with E-state index in [1.54, 1.807) is 29.2 Å². The van der Waals surface area contributed by atoms with E-state index in [0.717, 1.165) is 30.1 Å². The quantitative estimate of drug-likeness (QED) is 0.388. The lowest BCUT2D eigenvalue weighted by Gasteiger charge is -2.26. The SMILES string of the molecule is O=C(c1cc2cc(N3CC[C@](O)(C(=O)NCc4cc(F)cc(Cl)c4)C3=O)ccc2[nH]1)N1CCNCC1. The van der Waals surface area contributed by atoms with Gasteiger partial charge in [-0.2, -0.15) is 0 Å². The molecule has 3 aromatic rings. The predicted molar refractivity (Wildman–Crippen MR) is 132 cm³/mol. The second-order valence-electron chi connectivity index (χ2n) is 9.02. The standard InChI is InChI=1S/C25H25ClFN5O4/c26-17-9-15(10-18(27)13-17)14-29-23(34)25(36)3-6-32(24(25)35)19-1-2-20-16(11-19)12-21(30-20)22(33)31-7-4-28-5-8-31/h1-2,9-13,28,30,36H,3-8,14H2,(H,29,34)/t25-/m0/s1. The number of fused-ring (bicyclic) bond motifs is 1. The molecule has 0 spiro atoms. The molecule has 2 aliphatic heterocycles. The number of H-pyrrole nitrogens is 1. The van der Waals surface area contributed by atoms with Gasteiger partial charge in [0.2, 0.25) is 5.60 Å². The number of carbonyl (C=O) groups is 3. The first-order chi connectivity index (χ1) is 17.2. The summed E-state index contributed by atoms with van der Waals surface area (Å²) in [6.07, 6.45) is -0.0977. The smallest absolute Gasteiger partial charge is 0.270 e. The van der Waals surface area contributed by atoms with Crippen molar-refractivity contribution in [1.29, 1.82) is 0 Å². The summed E-state index contributed by atoms with van der Waals surface area (Å²) in [6, 6.07) is 10.8. The van der Waals surface area contributed by atoms with Gasteiger partial charge in [0, 0.05) is 67.3 Å². The fourth-order valence-electron chi connectivity index (χ4n) is 4.65. The number of aromatic nitrogens is 1. The minimum atomic E-state index is -2.24. The monoisotopic (exact) mass is 513 g/mol. The van der Waals surface area contributed by atoms with E-state index in [-0.39, 0.29) is 30.4 Å². The summed E-state index contributed by atoms with van der Waals surface area (Å²) in [5.41, 5.74) is -0.124. The molecule has 2 aromatic carbocycles. The number of hydrogen-bond donors (Lipinski definition) is 4. The van der Waals surface area contributed by atoms with Gasteiger partial charge in [0.1, 0.15) is 11.5 Å². The molecule has 11 heteroatoms. The van der Waals surface area contributed by atoms with Crippen molar-refractivity contribution in [2.75, 3.05) is 37.6 Å². The first-order valence-corrected chi connectivity index (χ1v) is 12.0. The zero-order chi connectivity index (χ0) is 25.4. The number of piperazine rings is 1. The molecule has 0 aliphatic carbocycles. The van der Waals surface area contributed by atoms with E-state index in [0.29, 0.717) is 30.0 Å². The number of halogens is 2. The van der Waals surface area contributed by atoms with Gasteiger partial charge in [-0.3, -0.25) is 14.4 Å².